The Morgan fingerprint density at radius 3 is 2.40 bits per heavy atom. The van der Waals surface area contributed by atoms with Gasteiger partial charge in [-0.3, -0.25) is 4.79 Å². The lowest BCUT2D eigenvalue weighted by Crippen LogP contribution is -2.50. The number of ether oxygens (including phenoxy) is 1. The Morgan fingerprint density at radius 1 is 1.40 bits per heavy atom. The highest BCUT2D eigenvalue weighted by Gasteiger charge is 2.51. The van der Waals surface area contributed by atoms with E-state index in [-0.39, 0.29) is 17.3 Å². The van der Waals surface area contributed by atoms with Crippen molar-refractivity contribution < 1.29 is 19.3 Å². The van der Waals surface area contributed by atoms with Crippen LogP contribution in [-0.4, -0.2) is 36.9 Å². The smallest absolute Gasteiger partial charge is 0.326 e. The molecule has 1 radical (unpaired) electrons. The molecular weight excluding hydrogens is 255 g/mol. The lowest BCUT2D eigenvalue weighted by Gasteiger charge is -2.51. The standard InChI is InChI=1S/C15H24BO4/c1-13(2,18)14(3,4)20-16-11-8-15(9-11)6-10(7-15)12(17)19-5/h8,10,18H,6-7,9H2,1-5H3. The van der Waals surface area contributed by atoms with E-state index in [2.05, 4.69) is 6.08 Å². The molecule has 1 N–H and O–H groups in total. The first-order valence-electron chi connectivity index (χ1n) is 7.12. The second-order valence-electron chi connectivity index (χ2n) is 7.19. The third-order valence-electron chi connectivity index (χ3n) is 4.87. The van der Waals surface area contributed by atoms with Crippen LogP contribution in [0.4, 0.5) is 0 Å². The minimum Gasteiger partial charge on any atom is -0.469 e. The van der Waals surface area contributed by atoms with Crippen molar-refractivity contribution in [3.8, 4) is 0 Å². The van der Waals surface area contributed by atoms with Crippen LogP contribution in [-0.2, 0) is 14.2 Å². The van der Waals surface area contributed by atoms with E-state index in [1.165, 1.54) is 7.11 Å². The fourth-order valence-corrected chi connectivity index (χ4v) is 2.73. The van der Waals surface area contributed by atoms with Gasteiger partial charge in [0.1, 0.15) is 0 Å². The zero-order chi connectivity index (χ0) is 15.2. The van der Waals surface area contributed by atoms with Gasteiger partial charge in [-0.25, -0.2) is 0 Å². The van der Waals surface area contributed by atoms with E-state index in [1.807, 2.05) is 13.8 Å². The molecule has 0 aromatic carbocycles. The van der Waals surface area contributed by atoms with Crippen molar-refractivity contribution in [1.82, 2.24) is 0 Å². The van der Waals surface area contributed by atoms with E-state index in [0.717, 1.165) is 24.7 Å². The average molecular weight is 279 g/mol. The summed E-state index contributed by atoms with van der Waals surface area (Å²) in [6.45, 7) is 7.22. The van der Waals surface area contributed by atoms with E-state index in [1.54, 1.807) is 21.3 Å². The highest BCUT2D eigenvalue weighted by Crippen LogP contribution is 2.57. The number of methoxy groups -OCH3 is 1. The van der Waals surface area contributed by atoms with Crippen LogP contribution < -0.4 is 0 Å². The fraction of sp³-hybridized carbons (Fsp3) is 0.800. The van der Waals surface area contributed by atoms with Gasteiger partial charge in [-0.05, 0) is 52.4 Å². The van der Waals surface area contributed by atoms with E-state index in [0.29, 0.717) is 0 Å². The number of esters is 1. The third-order valence-corrected chi connectivity index (χ3v) is 4.87. The molecule has 0 saturated heterocycles. The van der Waals surface area contributed by atoms with Gasteiger partial charge in [-0.15, -0.1) is 0 Å². The van der Waals surface area contributed by atoms with Crippen LogP contribution in [0.1, 0.15) is 47.0 Å². The van der Waals surface area contributed by atoms with Crippen LogP contribution >= 0.6 is 0 Å². The Hall–Kier alpha value is -0.805. The monoisotopic (exact) mass is 279 g/mol. The lowest BCUT2D eigenvalue weighted by molar-refractivity contribution is -0.152. The summed E-state index contributed by atoms with van der Waals surface area (Å²) in [5, 5.41) is 10.0. The van der Waals surface area contributed by atoms with Gasteiger partial charge < -0.3 is 14.5 Å². The van der Waals surface area contributed by atoms with Crippen molar-refractivity contribution in [2.24, 2.45) is 11.3 Å². The molecule has 0 aliphatic heterocycles. The number of hydrogen-bond acceptors (Lipinski definition) is 4. The SMILES string of the molecule is COC(=O)C1CC2(C=C([B]OC(C)(C)C(C)(C)O)C2)C1. The zero-order valence-corrected chi connectivity index (χ0v) is 13.0. The first-order chi connectivity index (χ1) is 9.09. The molecule has 20 heavy (non-hydrogen) atoms. The molecule has 1 spiro atoms. The highest BCUT2D eigenvalue weighted by atomic mass is 16.5. The second-order valence-corrected chi connectivity index (χ2v) is 7.19. The Morgan fingerprint density at radius 2 is 1.95 bits per heavy atom. The van der Waals surface area contributed by atoms with E-state index >= 15 is 0 Å². The van der Waals surface area contributed by atoms with Gasteiger partial charge in [0.2, 0.25) is 0 Å². The van der Waals surface area contributed by atoms with Crippen molar-refractivity contribution in [2.45, 2.75) is 58.2 Å². The molecule has 2 aliphatic rings. The minimum atomic E-state index is -0.905. The molecule has 0 unspecified atom stereocenters. The van der Waals surface area contributed by atoms with Crippen LogP contribution in [0.15, 0.2) is 11.5 Å². The van der Waals surface area contributed by atoms with E-state index < -0.39 is 11.2 Å². The number of carbonyl (C=O) groups excluding carboxylic acids is 1. The van der Waals surface area contributed by atoms with E-state index in [9.17, 15) is 9.90 Å². The molecule has 1 fully saturated rings. The van der Waals surface area contributed by atoms with Gasteiger partial charge >= 0.3 is 13.5 Å². The summed E-state index contributed by atoms with van der Waals surface area (Å²) in [5.74, 6) is -0.0348. The molecule has 1 saturated carbocycles. The summed E-state index contributed by atoms with van der Waals surface area (Å²) >= 11 is 0. The summed E-state index contributed by atoms with van der Waals surface area (Å²) in [6.07, 6.45) is 4.90. The van der Waals surface area contributed by atoms with Gasteiger partial charge in [0.15, 0.2) is 0 Å². The van der Waals surface area contributed by atoms with Crippen LogP contribution in [0, 0.1) is 11.3 Å². The minimum absolute atomic E-state index is 0.0616. The molecule has 111 valence electrons. The Balaban J connectivity index is 1.80. The third kappa shape index (κ3) is 2.79. The largest absolute Gasteiger partial charge is 0.469 e. The zero-order valence-electron chi connectivity index (χ0n) is 13.0. The van der Waals surface area contributed by atoms with Crippen LogP contribution in [0.2, 0.25) is 0 Å². The number of carbonyl (C=O) groups is 1. The van der Waals surface area contributed by atoms with Gasteiger partial charge in [0.05, 0.1) is 24.2 Å². The predicted molar refractivity (Wildman–Crippen MR) is 77.1 cm³/mol. The molecule has 4 nitrogen and oxygen atoms in total. The number of rotatable bonds is 5. The topological polar surface area (TPSA) is 55.8 Å². The summed E-state index contributed by atoms with van der Waals surface area (Å²) in [4.78, 5) is 11.4. The van der Waals surface area contributed by atoms with Crippen LogP contribution in [0.5, 0.6) is 0 Å². The maximum atomic E-state index is 11.4. The molecule has 5 heteroatoms. The fourth-order valence-electron chi connectivity index (χ4n) is 2.73. The van der Waals surface area contributed by atoms with Gasteiger partial charge in [-0.2, -0.15) is 0 Å². The molecule has 2 rings (SSSR count). The van der Waals surface area contributed by atoms with Crippen molar-refractivity contribution in [3.63, 3.8) is 0 Å². The van der Waals surface area contributed by atoms with E-state index in [4.69, 9.17) is 9.39 Å². The molecule has 0 bridgehead atoms. The van der Waals surface area contributed by atoms with Crippen LogP contribution in [0.25, 0.3) is 0 Å². The first-order valence-corrected chi connectivity index (χ1v) is 7.12. The molecular formula is C15H24BO4. The predicted octanol–water partition coefficient (Wildman–Crippen LogP) is 2.03. The number of hydrogen-bond donors (Lipinski definition) is 1. The van der Waals surface area contributed by atoms with Crippen molar-refractivity contribution in [2.75, 3.05) is 7.11 Å². The number of aliphatic hydroxyl groups is 1. The quantitative estimate of drug-likeness (QED) is 0.618. The average Bonchev–Trinajstić information content (AvgIpc) is 2.22. The summed E-state index contributed by atoms with van der Waals surface area (Å²) < 4.78 is 10.5. The van der Waals surface area contributed by atoms with Crippen LogP contribution in [0.3, 0.4) is 0 Å². The molecule has 0 aromatic heterocycles. The summed E-state index contributed by atoms with van der Waals surface area (Å²) in [7, 11) is 3.18. The molecule has 0 aromatic rings. The summed E-state index contributed by atoms with van der Waals surface area (Å²) in [5.41, 5.74) is -0.207. The lowest BCUT2D eigenvalue weighted by atomic mass is 9.49. The number of allylic oxidation sites excluding steroid dienone is 2. The van der Waals surface area contributed by atoms with Gasteiger partial charge in [-0.1, -0.05) is 11.5 Å². The van der Waals surface area contributed by atoms with Crippen molar-refractivity contribution >= 4 is 13.5 Å². The normalized spacial score (nSPS) is 29.3. The molecule has 0 amide bonds. The summed E-state index contributed by atoms with van der Waals surface area (Å²) in [6, 6.07) is 0. The molecule has 2 aliphatic carbocycles. The Kier molecular flexibility index (Phi) is 3.80. The maximum absolute atomic E-state index is 11.4. The highest BCUT2D eigenvalue weighted by molar-refractivity contribution is 6.38. The second kappa shape index (κ2) is 4.88. The molecule has 0 heterocycles. The molecule has 0 atom stereocenters. The maximum Gasteiger partial charge on any atom is 0.326 e. The first kappa shape index (κ1) is 15.6. The Bertz CT molecular complexity index is 428. The van der Waals surface area contributed by atoms with Crippen molar-refractivity contribution in [3.05, 3.63) is 11.5 Å². The van der Waals surface area contributed by atoms with Gasteiger partial charge in [0.25, 0.3) is 0 Å². The van der Waals surface area contributed by atoms with Crippen molar-refractivity contribution in [1.29, 1.82) is 0 Å². The Labute approximate surface area is 121 Å². The van der Waals surface area contributed by atoms with Gasteiger partial charge in [0, 0.05) is 0 Å².